The molecule has 0 atom stereocenters. The van der Waals surface area contributed by atoms with Crippen molar-refractivity contribution in [3.05, 3.63) is 72.2 Å². The lowest BCUT2D eigenvalue weighted by atomic mass is 10.2. The molecule has 0 saturated carbocycles. The molecule has 30 heavy (non-hydrogen) atoms. The fourth-order valence-electron chi connectivity index (χ4n) is 3.07. The van der Waals surface area contributed by atoms with E-state index in [0.29, 0.717) is 11.3 Å². The number of benzene rings is 2. The molecule has 4 aromatic rings. The van der Waals surface area contributed by atoms with E-state index in [4.69, 9.17) is 9.26 Å². The summed E-state index contributed by atoms with van der Waals surface area (Å²) in [5.74, 6) is -0.0957. The third kappa shape index (κ3) is 4.07. The monoisotopic (exact) mass is 406 g/mol. The third-order valence-corrected chi connectivity index (χ3v) is 4.50. The van der Waals surface area contributed by atoms with Crippen LogP contribution in [-0.4, -0.2) is 27.7 Å². The molecule has 0 aliphatic heterocycles. The van der Waals surface area contributed by atoms with E-state index in [9.17, 15) is 9.18 Å². The summed E-state index contributed by atoms with van der Waals surface area (Å²) in [7, 11) is 1.40. The number of carbonyl (C=O) groups is 1. The molecule has 0 unspecified atom stereocenters. The predicted molar refractivity (Wildman–Crippen MR) is 109 cm³/mol. The van der Waals surface area contributed by atoms with E-state index < -0.39 is 5.82 Å². The zero-order chi connectivity index (χ0) is 21.1. The summed E-state index contributed by atoms with van der Waals surface area (Å²) in [5.41, 5.74) is 2.83. The van der Waals surface area contributed by atoms with Gasteiger partial charge in [-0.25, -0.2) is 4.39 Å². The molecule has 0 radical (unpaired) electrons. The fourth-order valence-corrected chi connectivity index (χ4v) is 3.07. The predicted octanol–water partition coefficient (Wildman–Crippen LogP) is 4.30. The van der Waals surface area contributed by atoms with Gasteiger partial charge < -0.3 is 19.1 Å². The van der Waals surface area contributed by atoms with Crippen LogP contribution in [0.1, 0.15) is 5.56 Å². The Morgan fingerprint density at radius 1 is 1.20 bits per heavy atom. The first-order valence-corrected chi connectivity index (χ1v) is 9.23. The van der Waals surface area contributed by atoms with E-state index in [-0.39, 0.29) is 29.9 Å². The summed E-state index contributed by atoms with van der Waals surface area (Å²) in [5, 5.41) is 6.80. The summed E-state index contributed by atoms with van der Waals surface area (Å²) in [4.78, 5) is 16.8. The second-order valence-corrected chi connectivity index (χ2v) is 6.71. The van der Waals surface area contributed by atoms with E-state index >= 15 is 0 Å². The quantitative estimate of drug-likeness (QED) is 0.516. The Kier molecular flexibility index (Phi) is 5.30. The maximum atomic E-state index is 14.0. The van der Waals surface area contributed by atoms with Crippen molar-refractivity contribution < 1.29 is 18.4 Å². The van der Waals surface area contributed by atoms with Gasteiger partial charge in [0, 0.05) is 17.4 Å². The van der Waals surface area contributed by atoms with Crippen LogP contribution in [0.4, 0.5) is 10.1 Å². The average molecular weight is 406 g/mol. The standard InChI is InChI=1S/C22H19FN4O3/c1-14-5-3-6-16(11-14)24-20(28)13-27-10-4-7-18(27)22-25-21(26-30-22)15-8-9-19(29-2)17(23)12-15/h3-12H,13H2,1-2H3,(H,24,28). The van der Waals surface area contributed by atoms with Crippen LogP contribution in [0.25, 0.3) is 23.0 Å². The van der Waals surface area contributed by atoms with Gasteiger partial charge in [-0.3, -0.25) is 4.79 Å². The van der Waals surface area contributed by atoms with E-state index in [1.807, 2.05) is 31.2 Å². The molecule has 0 fully saturated rings. The van der Waals surface area contributed by atoms with Gasteiger partial charge in [-0.2, -0.15) is 4.98 Å². The normalized spacial score (nSPS) is 10.8. The molecule has 2 aromatic carbocycles. The molecule has 0 aliphatic carbocycles. The number of methoxy groups -OCH3 is 1. The van der Waals surface area contributed by atoms with Gasteiger partial charge in [0.25, 0.3) is 5.89 Å². The van der Waals surface area contributed by atoms with Gasteiger partial charge in [-0.05, 0) is 55.0 Å². The number of hydrogen-bond donors (Lipinski definition) is 1. The van der Waals surface area contributed by atoms with Gasteiger partial charge in [0.15, 0.2) is 11.6 Å². The van der Waals surface area contributed by atoms with Gasteiger partial charge in [0.1, 0.15) is 12.2 Å². The molecule has 152 valence electrons. The molecule has 7 nitrogen and oxygen atoms in total. The van der Waals surface area contributed by atoms with Crippen LogP contribution in [-0.2, 0) is 11.3 Å². The minimum Gasteiger partial charge on any atom is -0.494 e. The average Bonchev–Trinajstić information content (AvgIpc) is 3.37. The van der Waals surface area contributed by atoms with Gasteiger partial charge in [-0.1, -0.05) is 17.3 Å². The lowest BCUT2D eigenvalue weighted by Gasteiger charge is -2.08. The smallest absolute Gasteiger partial charge is 0.274 e. The van der Waals surface area contributed by atoms with Gasteiger partial charge in [-0.15, -0.1) is 0 Å². The topological polar surface area (TPSA) is 82.2 Å². The minimum absolute atomic E-state index is 0.0746. The van der Waals surface area contributed by atoms with Crippen LogP contribution in [0.5, 0.6) is 5.75 Å². The highest BCUT2D eigenvalue weighted by atomic mass is 19.1. The SMILES string of the molecule is COc1ccc(-c2noc(-c3cccn3CC(=O)Nc3cccc(C)c3)n2)cc1F. The van der Waals surface area contributed by atoms with Crippen molar-refractivity contribution in [3.63, 3.8) is 0 Å². The number of halogens is 1. The highest BCUT2D eigenvalue weighted by molar-refractivity contribution is 5.90. The molecule has 1 N–H and O–H groups in total. The second-order valence-electron chi connectivity index (χ2n) is 6.71. The number of aromatic nitrogens is 3. The highest BCUT2D eigenvalue weighted by Gasteiger charge is 2.16. The Balaban J connectivity index is 1.52. The fraction of sp³-hybridized carbons (Fsp3) is 0.136. The van der Waals surface area contributed by atoms with E-state index in [0.717, 1.165) is 11.3 Å². The lowest BCUT2D eigenvalue weighted by molar-refractivity contribution is -0.116. The maximum absolute atomic E-state index is 14.0. The van der Waals surface area contributed by atoms with E-state index in [1.165, 1.54) is 19.2 Å². The number of hydrogen-bond acceptors (Lipinski definition) is 5. The summed E-state index contributed by atoms with van der Waals surface area (Å²) in [6.07, 6.45) is 1.75. The van der Waals surface area contributed by atoms with Crippen LogP contribution in [0.15, 0.2) is 65.3 Å². The minimum atomic E-state index is -0.516. The molecule has 8 heteroatoms. The number of amides is 1. The molecule has 0 aliphatic rings. The number of nitrogens with zero attached hydrogens (tertiary/aromatic N) is 3. The number of ether oxygens (including phenoxy) is 1. The zero-order valence-corrected chi connectivity index (χ0v) is 16.4. The van der Waals surface area contributed by atoms with Crippen molar-refractivity contribution in [2.75, 3.05) is 12.4 Å². The van der Waals surface area contributed by atoms with Crippen LogP contribution in [0.3, 0.4) is 0 Å². The zero-order valence-electron chi connectivity index (χ0n) is 16.4. The van der Waals surface area contributed by atoms with Crippen LogP contribution in [0.2, 0.25) is 0 Å². The van der Waals surface area contributed by atoms with Crippen LogP contribution >= 0.6 is 0 Å². The number of rotatable bonds is 6. The third-order valence-electron chi connectivity index (χ3n) is 4.50. The Morgan fingerprint density at radius 2 is 2.07 bits per heavy atom. The van der Waals surface area contributed by atoms with Crippen molar-refractivity contribution in [1.29, 1.82) is 0 Å². The highest BCUT2D eigenvalue weighted by Crippen LogP contribution is 2.26. The van der Waals surface area contributed by atoms with Crippen LogP contribution in [0, 0.1) is 12.7 Å². The molecule has 4 rings (SSSR count). The summed E-state index contributed by atoms with van der Waals surface area (Å²) in [6, 6.07) is 15.5. The summed E-state index contributed by atoms with van der Waals surface area (Å²) in [6.45, 7) is 2.03. The second kappa shape index (κ2) is 8.20. The molecular formula is C22H19FN4O3. The molecule has 0 saturated heterocycles. The van der Waals surface area contributed by atoms with E-state index in [2.05, 4.69) is 15.5 Å². The lowest BCUT2D eigenvalue weighted by Crippen LogP contribution is -2.18. The molecule has 0 spiro atoms. The van der Waals surface area contributed by atoms with E-state index in [1.54, 1.807) is 29.0 Å². The first-order valence-electron chi connectivity index (χ1n) is 9.23. The summed E-state index contributed by atoms with van der Waals surface area (Å²) >= 11 is 0. The van der Waals surface area contributed by atoms with Crippen molar-refractivity contribution >= 4 is 11.6 Å². The number of carbonyl (C=O) groups excluding carboxylic acids is 1. The van der Waals surface area contributed by atoms with Crippen molar-refractivity contribution in [1.82, 2.24) is 14.7 Å². The Hall–Kier alpha value is -3.94. The van der Waals surface area contributed by atoms with Crippen molar-refractivity contribution in [2.45, 2.75) is 13.5 Å². The Labute approximate surface area is 172 Å². The summed E-state index contributed by atoms with van der Waals surface area (Å²) < 4.78 is 25.9. The van der Waals surface area contributed by atoms with Crippen molar-refractivity contribution in [3.8, 4) is 28.7 Å². The van der Waals surface area contributed by atoms with Crippen LogP contribution < -0.4 is 10.1 Å². The Bertz CT molecular complexity index is 1200. The first-order chi connectivity index (χ1) is 14.5. The number of nitrogens with one attached hydrogen (secondary N) is 1. The van der Waals surface area contributed by atoms with Crippen molar-refractivity contribution in [2.24, 2.45) is 0 Å². The van der Waals surface area contributed by atoms with Gasteiger partial charge in [0.05, 0.1) is 7.11 Å². The number of aryl methyl sites for hydroxylation is 1. The molecule has 2 aromatic heterocycles. The first kappa shape index (κ1) is 19.4. The number of anilines is 1. The molecule has 2 heterocycles. The maximum Gasteiger partial charge on any atom is 0.274 e. The Morgan fingerprint density at radius 3 is 2.83 bits per heavy atom. The van der Waals surface area contributed by atoms with Gasteiger partial charge >= 0.3 is 0 Å². The molecular weight excluding hydrogens is 387 g/mol. The molecule has 0 bridgehead atoms. The largest absolute Gasteiger partial charge is 0.494 e. The molecule has 1 amide bonds. The van der Waals surface area contributed by atoms with Gasteiger partial charge in [0.2, 0.25) is 11.7 Å².